The Hall–Kier alpha value is -1.00. The molecule has 2 rings (SSSR count). The fourth-order valence-electron chi connectivity index (χ4n) is 2.94. The number of benzene rings is 1. The van der Waals surface area contributed by atoms with Gasteiger partial charge in [-0.2, -0.15) is 0 Å². The molecular weight excluding hydrogens is 268 g/mol. The normalized spacial score (nSPS) is 26.4. The molecule has 2 atom stereocenters. The third-order valence-corrected chi connectivity index (χ3v) is 5.30. The zero-order valence-electron chi connectivity index (χ0n) is 12.3. The third kappa shape index (κ3) is 3.55. The van der Waals surface area contributed by atoms with Gasteiger partial charge in [-0.15, -0.1) is 11.8 Å². The number of carbonyl (C=O) groups excluding carboxylic acids is 1. The van der Waals surface area contributed by atoms with Crippen LogP contribution in [0, 0.1) is 6.92 Å². The Morgan fingerprint density at radius 1 is 1.45 bits per heavy atom. The Morgan fingerprint density at radius 3 is 2.75 bits per heavy atom. The second-order valence-corrected chi connectivity index (χ2v) is 7.00. The summed E-state index contributed by atoms with van der Waals surface area (Å²) in [6.45, 7) is 4.91. The van der Waals surface area contributed by atoms with Crippen LogP contribution in [0.1, 0.15) is 38.2 Å². The van der Waals surface area contributed by atoms with Crippen molar-refractivity contribution in [3.8, 4) is 0 Å². The van der Waals surface area contributed by atoms with Crippen LogP contribution in [0.4, 0.5) is 0 Å². The number of nitrogens with one attached hydrogen (secondary N) is 1. The standard InChI is InChI=1S/C16H24N2OS/c1-3-18-16(15(17)19)10-4-5-14(11-16)20-13-8-6-12(2)7-9-13/h6-9,14,18H,3-5,10-11H2,1-2H3,(H2,17,19). The molecule has 20 heavy (non-hydrogen) atoms. The Balaban J connectivity index is 2.05. The van der Waals surface area contributed by atoms with Gasteiger partial charge in [-0.1, -0.05) is 24.6 Å². The molecule has 0 aliphatic heterocycles. The van der Waals surface area contributed by atoms with Crippen LogP contribution in [-0.2, 0) is 4.79 Å². The van der Waals surface area contributed by atoms with Gasteiger partial charge in [0, 0.05) is 10.1 Å². The molecule has 3 nitrogen and oxygen atoms in total. The first kappa shape index (κ1) is 15.4. The van der Waals surface area contributed by atoms with Crippen LogP contribution < -0.4 is 11.1 Å². The summed E-state index contributed by atoms with van der Waals surface area (Å²) in [7, 11) is 0. The number of amides is 1. The summed E-state index contributed by atoms with van der Waals surface area (Å²) in [6.07, 6.45) is 3.90. The average Bonchev–Trinajstić information content (AvgIpc) is 2.42. The van der Waals surface area contributed by atoms with E-state index in [2.05, 4.69) is 36.5 Å². The van der Waals surface area contributed by atoms with Gasteiger partial charge in [-0.05, 0) is 51.3 Å². The topological polar surface area (TPSA) is 55.1 Å². The van der Waals surface area contributed by atoms with Crippen LogP contribution in [-0.4, -0.2) is 23.2 Å². The first-order valence-electron chi connectivity index (χ1n) is 7.34. The maximum absolute atomic E-state index is 11.9. The minimum atomic E-state index is -0.505. The quantitative estimate of drug-likeness (QED) is 0.877. The Morgan fingerprint density at radius 2 is 2.15 bits per heavy atom. The van der Waals surface area contributed by atoms with E-state index in [1.165, 1.54) is 10.5 Å². The van der Waals surface area contributed by atoms with Gasteiger partial charge in [-0.25, -0.2) is 0 Å². The first-order chi connectivity index (χ1) is 9.55. The molecule has 1 aliphatic carbocycles. The average molecular weight is 292 g/mol. The van der Waals surface area contributed by atoms with E-state index in [9.17, 15) is 4.79 Å². The van der Waals surface area contributed by atoms with Crippen molar-refractivity contribution in [2.75, 3.05) is 6.54 Å². The van der Waals surface area contributed by atoms with Crippen molar-refractivity contribution in [3.05, 3.63) is 29.8 Å². The predicted molar refractivity (Wildman–Crippen MR) is 84.9 cm³/mol. The van der Waals surface area contributed by atoms with Crippen LogP contribution in [0.5, 0.6) is 0 Å². The van der Waals surface area contributed by atoms with Crippen molar-refractivity contribution in [1.82, 2.24) is 5.32 Å². The largest absolute Gasteiger partial charge is 0.368 e. The molecule has 3 N–H and O–H groups in total. The van der Waals surface area contributed by atoms with Crippen molar-refractivity contribution >= 4 is 17.7 Å². The Labute approximate surface area is 125 Å². The minimum Gasteiger partial charge on any atom is -0.368 e. The van der Waals surface area contributed by atoms with Crippen molar-refractivity contribution in [2.45, 2.75) is 55.2 Å². The van der Waals surface area contributed by atoms with Crippen LogP contribution in [0.25, 0.3) is 0 Å². The number of primary amides is 1. The molecule has 0 heterocycles. The number of hydrogen-bond donors (Lipinski definition) is 2. The number of thioether (sulfide) groups is 1. The molecule has 1 saturated carbocycles. The summed E-state index contributed by atoms with van der Waals surface area (Å²) in [4.78, 5) is 13.1. The Kier molecular flexibility index (Phi) is 5.11. The fourth-order valence-corrected chi connectivity index (χ4v) is 4.27. The molecule has 0 spiro atoms. The highest BCUT2D eigenvalue weighted by Crippen LogP contribution is 2.38. The zero-order chi connectivity index (χ0) is 14.6. The lowest BCUT2D eigenvalue weighted by Crippen LogP contribution is -2.58. The molecule has 1 fully saturated rings. The van der Waals surface area contributed by atoms with Crippen LogP contribution >= 0.6 is 11.8 Å². The highest BCUT2D eigenvalue weighted by molar-refractivity contribution is 8.00. The number of rotatable bonds is 5. The molecule has 0 aromatic heterocycles. The minimum absolute atomic E-state index is 0.200. The summed E-state index contributed by atoms with van der Waals surface area (Å²) in [5.74, 6) is -0.200. The second-order valence-electron chi connectivity index (χ2n) is 5.63. The van der Waals surface area contributed by atoms with Gasteiger partial charge < -0.3 is 11.1 Å². The van der Waals surface area contributed by atoms with E-state index in [1.807, 2.05) is 18.7 Å². The highest BCUT2D eigenvalue weighted by atomic mass is 32.2. The number of aryl methyl sites for hydroxylation is 1. The molecule has 1 amide bonds. The van der Waals surface area contributed by atoms with Crippen molar-refractivity contribution in [2.24, 2.45) is 5.73 Å². The maximum Gasteiger partial charge on any atom is 0.237 e. The number of carbonyl (C=O) groups is 1. The highest BCUT2D eigenvalue weighted by Gasteiger charge is 2.40. The lowest BCUT2D eigenvalue weighted by atomic mass is 9.80. The number of hydrogen-bond acceptors (Lipinski definition) is 3. The van der Waals surface area contributed by atoms with Gasteiger partial charge >= 0.3 is 0 Å². The lowest BCUT2D eigenvalue weighted by molar-refractivity contribution is -0.125. The molecular formula is C16H24N2OS. The Bertz CT molecular complexity index is 456. The van der Waals surface area contributed by atoms with E-state index < -0.39 is 5.54 Å². The van der Waals surface area contributed by atoms with E-state index in [-0.39, 0.29) is 5.91 Å². The smallest absolute Gasteiger partial charge is 0.237 e. The van der Waals surface area contributed by atoms with Gasteiger partial charge in [0.15, 0.2) is 0 Å². The predicted octanol–water partition coefficient (Wildman–Crippen LogP) is 2.86. The molecule has 1 aromatic rings. The summed E-state index contributed by atoms with van der Waals surface area (Å²) in [5, 5.41) is 3.79. The van der Waals surface area contributed by atoms with E-state index in [0.717, 1.165) is 32.2 Å². The molecule has 0 radical (unpaired) electrons. The summed E-state index contributed by atoms with van der Waals surface area (Å²) < 4.78 is 0. The van der Waals surface area contributed by atoms with Crippen LogP contribution in [0.2, 0.25) is 0 Å². The molecule has 0 bridgehead atoms. The van der Waals surface area contributed by atoms with Crippen molar-refractivity contribution < 1.29 is 4.79 Å². The van der Waals surface area contributed by atoms with Gasteiger partial charge in [0.2, 0.25) is 5.91 Å². The monoisotopic (exact) mass is 292 g/mol. The SMILES string of the molecule is CCNC1(C(N)=O)CCCC(Sc2ccc(C)cc2)C1. The van der Waals surface area contributed by atoms with Gasteiger partial charge in [0.1, 0.15) is 0 Å². The summed E-state index contributed by atoms with van der Waals surface area (Å²) in [6, 6.07) is 8.59. The molecule has 1 aliphatic rings. The molecule has 0 saturated heterocycles. The van der Waals surface area contributed by atoms with E-state index in [4.69, 9.17) is 5.73 Å². The lowest BCUT2D eigenvalue weighted by Gasteiger charge is -2.39. The van der Waals surface area contributed by atoms with E-state index >= 15 is 0 Å². The van der Waals surface area contributed by atoms with E-state index in [1.54, 1.807) is 0 Å². The summed E-state index contributed by atoms with van der Waals surface area (Å²) in [5.41, 5.74) is 6.42. The summed E-state index contributed by atoms with van der Waals surface area (Å²) >= 11 is 1.87. The van der Waals surface area contributed by atoms with Crippen molar-refractivity contribution in [1.29, 1.82) is 0 Å². The maximum atomic E-state index is 11.9. The second kappa shape index (κ2) is 6.64. The van der Waals surface area contributed by atoms with Gasteiger partial charge in [0.05, 0.1) is 5.54 Å². The van der Waals surface area contributed by atoms with E-state index in [0.29, 0.717) is 5.25 Å². The third-order valence-electron chi connectivity index (χ3n) is 4.02. The van der Waals surface area contributed by atoms with Crippen molar-refractivity contribution in [3.63, 3.8) is 0 Å². The molecule has 2 unspecified atom stereocenters. The molecule has 1 aromatic carbocycles. The van der Waals surface area contributed by atoms with Gasteiger partial charge in [0.25, 0.3) is 0 Å². The fraction of sp³-hybridized carbons (Fsp3) is 0.562. The number of likely N-dealkylation sites (N-methyl/N-ethyl adjacent to an activating group) is 1. The van der Waals surface area contributed by atoms with Crippen LogP contribution in [0.3, 0.4) is 0 Å². The molecule has 110 valence electrons. The van der Waals surface area contributed by atoms with Gasteiger partial charge in [-0.3, -0.25) is 4.79 Å². The zero-order valence-corrected chi connectivity index (χ0v) is 13.1. The molecule has 4 heteroatoms. The number of nitrogens with two attached hydrogens (primary N) is 1. The first-order valence-corrected chi connectivity index (χ1v) is 8.22. The van der Waals surface area contributed by atoms with Crippen LogP contribution in [0.15, 0.2) is 29.2 Å².